The van der Waals surface area contributed by atoms with Crippen molar-refractivity contribution in [3.8, 4) is 22.6 Å². The second-order valence-corrected chi connectivity index (χ2v) is 18.0. The zero-order chi connectivity index (χ0) is 52.8. The van der Waals surface area contributed by atoms with Crippen molar-refractivity contribution in [1.82, 2.24) is 41.7 Å². The van der Waals surface area contributed by atoms with Crippen LogP contribution in [0.15, 0.2) is 36.4 Å². The Morgan fingerprint density at radius 3 is 1.87 bits per heavy atom. The molecule has 0 aliphatic carbocycles. The number of rotatable bonds is 26. The van der Waals surface area contributed by atoms with Gasteiger partial charge in [0.2, 0.25) is 35.4 Å². The molecule has 0 fully saturated rings. The van der Waals surface area contributed by atoms with E-state index in [2.05, 4.69) is 38.8 Å². The summed E-state index contributed by atoms with van der Waals surface area (Å²) < 4.78 is 0. The molecule has 14 N–H and O–H groups in total. The van der Waals surface area contributed by atoms with Crippen molar-refractivity contribution >= 4 is 47.3 Å². The summed E-state index contributed by atoms with van der Waals surface area (Å²) in [6, 6.07) is 2.29. The summed E-state index contributed by atoms with van der Waals surface area (Å²) in [6.07, 6.45) is 9.40. The number of nitrogens with zero attached hydrogens (tertiary/aromatic N) is 2. The molecule has 1 aliphatic heterocycles. The predicted molar refractivity (Wildman–Crippen MR) is 263 cm³/mol. The third kappa shape index (κ3) is 18.1. The molecule has 0 aromatic heterocycles. The summed E-state index contributed by atoms with van der Waals surface area (Å²) >= 11 is 0. The molecule has 22 heteroatoms. The Morgan fingerprint density at radius 2 is 1.30 bits per heavy atom. The van der Waals surface area contributed by atoms with Crippen LogP contribution in [0.2, 0.25) is 0 Å². The molecular weight excluding hydrogens is 921 g/mol. The molecule has 0 saturated carbocycles. The molecule has 2 aromatic rings. The Labute approximate surface area is 415 Å². The van der Waals surface area contributed by atoms with Crippen molar-refractivity contribution in [2.45, 2.75) is 153 Å². The van der Waals surface area contributed by atoms with Gasteiger partial charge in [0.1, 0.15) is 41.8 Å². The molecule has 0 saturated heterocycles. The predicted octanol–water partition coefficient (Wildman–Crippen LogP) is 0.136. The van der Waals surface area contributed by atoms with Crippen molar-refractivity contribution in [2.24, 2.45) is 11.5 Å². The molecule has 7 atom stereocenters. The van der Waals surface area contributed by atoms with E-state index in [9.17, 15) is 58.8 Å². The van der Waals surface area contributed by atoms with E-state index < -0.39 is 97.1 Å². The maximum atomic E-state index is 14.2. The number of likely N-dealkylation sites (N-methyl/N-ethyl adjacent to an activating group) is 3. The monoisotopic (exact) mass is 997 g/mol. The van der Waals surface area contributed by atoms with E-state index in [0.717, 1.165) is 35.5 Å². The van der Waals surface area contributed by atoms with Crippen molar-refractivity contribution in [1.29, 1.82) is 0 Å². The number of hydrogen-bond donors (Lipinski definition) is 12. The molecule has 71 heavy (non-hydrogen) atoms. The number of aliphatic hydroxyl groups excluding tert-OH is 2. The average Bonchev–Trinajstić information content (AvgIpc) is 3.34. The minimum Gasteiger partial charge on any atom is -0.507 e. The van der Waals surface area contributed by atoms with Gasteiger partial charge >= 0.3 is 0 Å². The van der Waals surface area contributed by atoms with Gasteiger partial charge in [0.25, 0.3) is 11.8 Å². The lowest BCUT2D eigenvalue weighted by atomic mass is 9.93. The second-order valence-electron chi connectivity index (χ2n) is 18.0. The number of unbranched alkanes of at least 4 members (excludes halogenated alkanes) is 12. The van der Waals surface area contributed by atoms with Crippen LogP contribution in [0.3, 0.4) is 0 Å². The first kappa shape index (κ1) is 59.0. The number of aliphatic hydroxyl groups is 2. The van der Waals surface area contributed by atoms with Crippen molar-refractivity contribution < 1.29 is 58.8 Å². The molecule has 0 spiro atoms. The molecule has 4 bridgehead atoms. The maximum absolute atomic E-state index is 14.2. The lowest BCUT2D eigenvalue weighted by Crippen LogP contribution is -2.62. The molecule has 394 valence electrons. The molecule has 3 rings (SSSR count). The van der Waals surface area contributed by atoms with Crippen LogP contribution in [0.25, 0.3) is 11.1 Å². The number of phenolic OH excluding ortho intramolecular Hbond substituents is 2. The van der Waals surface area contributed by atoms with E-state index in [1.165, 1.54) is 116 Å². The summed E-state index contributed by atoms with van der Waals surface area (Å²) in [4.78, 5) is 108. The highest BCUT2D eigenvalue weighted by Crippen LogP contribution is 2.38. The van der Waals surface area contributed by atoms with Crippen LogP contribution >= 0.6 is 0 Å². The van der Waals surface area contributed by atoms with Crippen LogP contribution in [0.5, 0.6) is 11.5 Å². The first-order valence-corrected chi connectivity index (χ1v) is 24.4. The molecule has 2 aromatic carbocycles. The highest BCUT2D eigenvalue weighted by atomic mass is 16.3. The quantitative estimate of drug-likeness (QED) is 0.0441. The van der Waals surface area contributed by atoms with Gasteiger partial charge in [-0.25, -0.2) is 0 Å². The number of fused-ring (bicyclic) bond motifs is 5. The maximum Gasteiger partial charge on any atom is 0.260 e. The van der Waals surface area contributed by atoms with Gasteiger partial charge in [0, 0.05) is 45.1 Å². The lowest BCUT2D eigenvalue weighted by molar-refractivity contribution is -0.143. The van der Waals surface area contributed by atoms with Crippen LogP contribution in [-0.4, -0.2) is 148 Å². The van der Waals surface area contributed by atoms with Gasteiger partial charge < -0.3 is 73.6 Å². The summed E-state index contributed by atoms with van der Waals surface area (Å²) in [6.45, 7) is 2.23. The number of carbonyl (C=O) groups is 8. The number of benzene rings is 2. The first-order chi connectivity index (χ1) is 33.7. The Kier molecular flexibility index (Phi) is 24.7. The third-order valence-corrected chi connectivity index (χ3v) is 12.5. The Balaban J connectivity index is 1.69. The van der Waals surface area contributed by atoms with Gasteiger partial charge in [-0.1, -0.05) is 96.1 Å². The van der Waals surface area contributed by atoms with Crippen LogP contribution in [0, 0.1) is 0 Å². The Morgan fingerprint density at radius 1 is 0.746 bits per heavy atom. The minimum atomic E-state index is -1.89. The molecule has 1 aliphatic rings. The molecule has 22 nitrogen and oxygen atoms in total. The van der Waals surface area contributed by atoms with E-state index in [1.807, 2.05) is 0 Å². The van der Waals surface area contributed by atoms with Crippen molar-refractivity contribution in [3.63, 3.8) is 0 Å². The normalized spacial score (nSPS) is 17.5. The van der Waals surface area contributed by atoms with Gasteiger partial charge in [-0.15, -0.1) is 0 Å². The number of amides is 8. The van der Waals surface area contributed by atoms with E-state index in [0.29, 0.717) is 12.0 Å². The summed E-state index contributed by atoms with van der Waals surface area (Å²) in [5, 5.41) is 56.2. The minimum absolute atomic E-state index is 0.00299. The first-order valence-electron chi connectivity index (χ1n) is 24.4. The number of phenols is 2. The number of carbonyl (C=O) groups excluding carboxylic acids is 8. The van der Waals surface area contributed by atoms with Crippen molar-refractivity contribution in [3.05, 3.63) is 47.5 Å². The highest BCUT2D eigenvalue weighted by Gasteiger charge is 2.36. The molecule has 1 heterocycles. The fraction of sp³-hybridized carbons (Fsp3) is 0.592. The number of nitrogens with two attached hydrogens (primary N) is 2. The summed E-state index contributed by atoms with van der Waals surface area (Å²) in [7, 11) is 3.82. The van der Waals surface area contributed by atoms with E-state index >= 15 is 0 Å². The number of hydrogen-bond acceptors (Lipinski definition) is 14. The van der Waals surface area contributed by atoms with Gasteiger partial charge in [0.05, 0.1) is 13.2 Å². The van der Waals surface area contributed by atoms with Crippen molar-refractivity contribution in [2.75, 3.05) is 34.3 Å². The summed E-state index contributed by atoms with van der Waals surface area (Å²) in [5.74, 6) is -7.62. The third-order valence-electron chi connectivity index (χ3n) is 12.5. The zero-order valence-corrected chi connectivity index (χ0v) is 41.6. The largest absolute Gasteiger partial charge is 0.507 e. The Bertz CT molecular complexity index is 2140. The van der Waals surface area contributed by atoms with Gasteiger partial charge in [-0.2, -0.15) is 0 Å². The second kappa shape index (κ2) is 29.7. The van der Waals surface area contributed by atoms with Crippen LogP contribution in [0.4, 0.5) is 0 Å². The number of nitrogens with one attached hydrogen (secondary N) is 6. The molecule has 1 unspecified atom stereocenters. The molecule has 0 radical (unpaired) electrons. The SMILES string of the molecule is CCCCCCCCCCCCCCCC(=O)N(C)[C@H](CO)C(=O)N[C@H](N)C(=O)N[C@@H](N)C(=O)N(C)[C@@H]1C(=O)N[C@@H](C)C(=O)N[C@H](C(=O)NCC(O)C(=O)NC)Cc2ccc(O)c(c2)-c2cc1ccc2O. The standard InChI is InChI=1S/C49H76N10O12/c1-6-7-8-9-10-11-12-13-14-15-16-17-18-19-39(64)58(4)35(28-60)45(67)56-41(50)48(70)57-42(51)49(71)59(5)40-31-21-23-37(62)33(26-31)32-24-30(20-22-36(32)61)25-34(55-43(65)29(2)54-47(40)69)44(66)53-27-38(63)46(68)52-3/h20-24,26,29,34-35,38,40-42,60-63H,6-19,25,27-28,50-51H2,1-5H3,(H,52,68)(H,53,66)(H,54,69)(H,55,65)(H,56,67)(H,57,70)/t29-,34-,35+,38?,40-,41-,42+/m0/s1. The fourth-order valence-corrected chi connectivity index (χ4v) is 8.09. The topological polar surface area (TPSA) is 348 Å². The zero-order valence-electron chi connectivity index (χ0n) is 41.6. The van der Waals surface area contributed by atoms with Crippen LogP contribution in [0.1, 0.15) is 121 Å². The summed E-state index contributed by atoms with van der Waals surface area (Å²) in [5.41, 5.74) is 12.6. The van der Waals surface area contributed by atoms with Gasteiger partial charge in [-0.05, 0) is 48.7 Å². The molecule has 8 amide bonds. The number of aromatic hydroxyl groups is 2. The van der Waals surface area contributed by atoms with Gasteiger partial charge in [0.15, 0.2) is 12.3 Å². The molecular formula is C49H76N10O12. The fourth-order valence-electron chi connectivity index (χ4n) is 8.09. The van der Waals surface area contributed by atoms with E-state index in [-0.39, 0.29) is 46.9 Å². The highest BCUT2D eigenvalue weighted by molar-refractivity contribution is 5.97. The van der Waals surface area contributed by atoms with E-state index in [4.69, 9.17) is 11.5 Å². The smallest absolute Gasteiger partial charge is 0.260 e. The van der Waals surface area contributed by atoms with Gasteiger partial charge in [-0.3, -0.25) is 38.4 Å². The Hall–Kier alpha value is -6.36. The van der Waals surface area contributed by atoms with Crippen LogP contribution in [-0.2, 0) is 44.8 Å². The van der Waals surface area contributed by atoms with E-state index in [1.54, 1.807) is 0 Å². The average molecular weight is 997 g/mol. The lowest BCUT2D eigenvalue weighted by Gasteiger charge is -2.32. The van der Waals surface area contributed by atoms with Crippen LogP contribution < -0.4 is 43.4 Å².